The lowest BCUT2D eigenvalue weighted by Gasteiger charge is -2.30. The monoisotopic (exact) mass is 313 g/mol. The van der Waals surface area contributed by atoms with E-state index >= 15 is 0 Å². The standard InChI is InChI=1S/C14H17F2N3O3/c1-9-7-14(21,13(15)16)19(18-9)12(20)8-17-10-3-5-11(22-2)6-4-10/h3-6,13,17,21H,7-8H2,1-2H3/t14-/m1/s1. The lowest BCUT2D eigenvalue weighted by atomic mass is 10.1. The first-order chi connectivity index (χ1) is 10.4. The van der Waals surface area contributed by atoms with Crippen molar-refractivity contribution in [2.45, 2.75) is 25.5 Å². The Morgan fingerprint density at radius 2 is 2.14 bits per heavy atom. The summed E-state index contributed by atoms with van der Waals surface area (Å²) in [6.07, 6.45) is -3.46. The zero-order valence-corrected chi connectivity index (χ0v) is 12.2. The number of rotatable bonds is 5. The second kappa shape index (κ2) is 6.27. The maximum Gasteiger partial charge on any atom is 0.287 e. The highest BCUT2D eigenvalue weighted by Gasteiger charge is 2.50. The normalized spacial score (nSPS) is 21.0. The Kier molecular flexibility index (Phi) is 4.60. The van der Waals surface area contributed by atoms with Crippen LogP contribution in [-0.2, 0) is 4.79 Å². The number of carbonyl (C=O) groups excluding carboxylic acids is 1. The van der Waals surface area contributed by atoms with Gasteiger partial charge in [0.15, 0.2) is 0 Å². The average Bonchev–Trinajstić information content (AvgIpc) is 2.81. The van der Waals surface area contributed by atoms with E-state index < -0.39 is 18.1 Å². The fraction of sp³-hybridized carbons (Fsp3) is 0.429. The second-order valence-corrected chi connectivity index (χ2v) is 4.98. The SMILES string of the molecule is COc1ccc(NCC(=O)N2N=C(C)C[C@@]2(O)C(F)F)cc1. The van der Waals surface area contributed by atoms with Crippen LogP contribution in [0, 0.1) is 0 Å². The summed E-state index contributed by atoms with van der Waals surface area (Å²) in [5.41, 5.74) is -1.67. The predicted octanol–water partition coefficient (Wildman–Crippen LogP) is 1.67. The summed E-state index contributed by atoms with van der Waals surface area (Å²) in [5.74, 6) is -0.0841. The smallest absolute Gasteiger partial charge is 0.287 e. The van der Waals surface area contributed by atoms with Crippen molar-refractivity contribution in [1.29, 1.82) is 0 Å². The number of hydrogen-bond acceptors (Lipinski definition) is 5. The summed E-state index contributed by atoms with van der Waals surface area (Å²) in [6, 6.07) is 6.76. The molecule has 1 aliphatic rings. The molecule has 1 heterocycles. The molecule has 2 N–H and O–H groups in total. The first kappa shape index (κ1) is 16.2. The van der Waals surface area contributed by atoms with Gasteiger partial charge in [0.1, 0.15) is 5.75 Å². The van der Waals surface area contributed by atoms with Crippen LogP contribution in [0.5, 0.6) is 5.75 Å². The van der Waals surface area contributed by atoms with E-state index in [4.69, 9.17) is 4.74 Å². The number of carbonyl (C=O) groups is 1. The van der Waals surface area contributed by atoms with E-state index in [1.165, 1.54) is 14.0 Å². The van der Waals surface area contributed by atoms with Gasteiger partial charge in [0.05, 0.1) is 13.7 Å². The number of anilines is 1. The number of benzene rings is 1. The fourth-order valence-electron chi connectivity index (χ4n) is 2.15. The largest absolute Gasteiger partial charge is 0.497 e. The molecule has 8 heteroatoms. The molecule has 0 fully saturated rings. The Hall–Kier alpha value is -2.22. The van der Waals surface area contributed by atoms with E-state index in [0.717, 1.165) is 0 Å². The number of halogens is 2. The van der Waals surface area contributed by atoms with Crippen molar-refractivity contribution in [3.63, 3.8) is 0 Å². The number of nitrogens with zero attached hydrogens (tertiary/aromatic N) is 2. The highest BCUT2D eigenvalue weighted by atomic mass is 19.3. The minimum absolute atomic E-state index is 0.266. The van der Waals surface area contributed by atoms with Gasteiger partial charge in [-0.3, -0.25) is 4.79 Å². The van der Waals surface area contributed by atoms with Gasteiger partial charge in [0.2, 0.25) is 5.72 Å². The zero-order chi connectivity index (χ0) is 16.3. The molecule has 120 valence electrons. The lowest BCUT2D eigenvalue weighted by Crippen LogP contribution is -2.52. The van der Waals surface area contributed by atoms with Crippen LogP contribution in [0.25, 0.3) is 0 Å². The number of alkyl halides is 2. The van der Waals surface area contributed by atoms with Gasteiger partial charge in [0, 0.05) is 17.8 Å². The minimum Gasteiger partial charge on any atom is -0.497 e. The Balaban J connectivity index is 2.01. The molecule has 0 unspecified atom stereocenters. The summed E-state index contributed by atoms with van der Waals surface area (Å²) in [6.45, 7) is 1.22. The van der Waals surface area contributed by atoms with Crippen LogP contribution < -0.4 is 10.1 Å². The summed E-state index contributed by atoms with van der Waals surface area (Å²) in [5, 5.41) is 16.9. The highest BCUT2D eigenvalue weighted by molar-refractivity contribution is 5.90. The summed E-state index contributed by atoms with van der Waals surface area (Å²) < 4.78 is 31.0. The van der Waals surface area contributed by atoms with E-state index in [1.54, 1.807) is 24.3 Å². The Morgan fingerprint density at radius 3 is 2.68 bits per heavy atom. The van der Waals surface area contributed by atoms with Crippen molar-refractivity contribution in [1.82, 2.24) is 5.01 Å². The highest BCUT2D eigenvalue weighted by Crippen LogP contribution is 2.31. The number of hydrogen-bond donors (Lipinski definition) is 2. The van der Waals surface area contributed by atoms with Gasteiger partial charge in [-0.05, 0) is 31.2 Å². The Labute approximate surface area is 126 Å². The van der Waals surface area contributed by atoms with E-state index in [2.05, 4.69) is 10.4 Å². The lowest BCUT2D eigenvalue weighted by molar-refractivity contribution is -0.190. The molecular weight excluding hydrogens is 296 g/mol. The van der Waals surface area contributed by atoms with Crippen LogP contribution in [0.15, 0.2) is 29.4 Å². The van der Waals surface area contributed by atoms with Gasteiger partial charge in [0.25, 0.3) is 12.3 Å². The fourth-order valence-corrected chi connectivity index (χ4v) is 2.15. The molecule has 0 spiro atoms. The van der Waals surface area contributed by atoms with Crippen molar-refractivity contribution in [3.8, 4) is 5.75 Å². The van der Waals surface area contributed by atoms with Crippen molar-refractivity contribution >= 4 is 17.3 Å². The van der Waals surface area contributed by atoms with Gasteiger partial charge < -0.3 is 15.2 Å². The number of methoxy groups -OCH3 is 1. The van der Waals surface area contributed by atoms with E-state index in [1.807, 2.05) is 0 Å². The third kappa shape index (κ3) is 3.16. The number of hydrazone groups is 1. The number of amides is 1. The summed E-state index contributed by atoms with van der Waals surface area (Å²) in [7, 11) is 1.53. The first-order valence-corrected chi connectivity index (χ1v) is 6.62. The van der Waals surface area contributed by atoms with Crippen LogP contribution >= 0.6 is 0 Å². The molecule has 1 aliphatic heterocycles. The maximum atomic E-state index is 13.0. The van der Waals surface area contributed by atoms with E-state index in [9.17, 15) is 18.7 Å². The Bertz CT molecular complexity index is 577. The predicted molar refractivity (Wildman–Crippen MR) is 77.0 cm³/mol. The quantitative estimate of drug-likeness (QED) is 0.867. The van der Waals surface area contributed by atoms with E-state index in [-0.39, 0.29) is 18.7 Å². The van der Waals surface area contributed by atoms with Gasteiger partial charge in [-0.15, -0.1) is 0 Å². The molecule has 1 amide bonds. The van der Waals surface area contributed by atoms with Crippen LogP contribution in [-0.4, -0.2) is 47.5 Å². The molecule has 0 radical (unpaired) electrons. The molecule has 1 aromatic carbocycles. The van der Waals surface area contributed by atoms with Gasteiger partial charge >= 0.3 is 0 Å². The van der Waals surface area contributed by atoms with Crippen molar-refractivity contribution in [3.05, 3.63) is 24.3 Å². The minimum atomic E-state index is -3.10. The molecular formula is C14H17F2N3O3. The molecule has 0 aliphatic carbocycles. The van der Waals surface area contributed by atoms with Crippen LogP contribution in [0.4, 0.5) is 14.5 Å². The van der Waals surface area contributed by atoms with Crippen LogP contribution in [0.3, 0.4) is 0 Å². The van der Waals surface area contributed by atoms with Crippen LogP contribution in [0.2, 0.25) is 0 Å². The molecule has 2 rings (SSSR count). The summed E-state index contributed by atoms with van der Waals surface area (Å²) in [4.78, 5) is 12.0. The molecule has 1 atom stereocenters. The molecule has 0 aromatic heterocycles. The average molecular weight is 313 g/mol. The van der Waals surface area contributed by atoms with Crippen molar-refractivity contribution < 1.29 is 23.4 Å². The third-order valence-electron chi connectivity index (χ3n) is 3.27. The molecule has 0 bridgehead atoms. The number of ether oxygens (including phenoxy) is 1. The molecule has 6 nitrogen and oxygen atoms in total. The van der Waals surface area contributed by atoms with Gasteiger partial charge in [-0.1, -0.05) is 0 Å². The Morgan fingerprint density at radius 1 is 1.50 bits per heavy atom. The number of nitrogens with one attached hydrogen (secondary N) is 1. The van der Waals surface area contributed by atoms with Gasteiger partial charge in [-0.2, -0.15) is 10.1 Å². The first-order valence-electron chi connectivity index (χ1n) is 6.62. The topological polar surface area (TPSA) is 74.2 Å². The maximum absolute atomic E-state index is 13.0. The molecule has 1 aromatic rings. The third-order valence-corrected chi connectivity index (χ3v) is 3.27. The van der Waals surface area contributed by atoms with Gasteiger partial charge in [-0.25, -0.2) is 8.78 Å². The second-order valence-electron chi connectivity index (χ2n) is 4.98. The molecule has 0 saturated heterocycles. The van der Waals surface area contributed by atoms with Crippen molar-refractivity contribution in [2.24, 2.45) is 5.10 Å². The summed E-state index contributed by atoms with van der Waals surface area (Å²) >= 11 is 0. The number of aliphatic hydroxyl groups is 1. The molecule has 0 saturated carbocycles. The van der Waals surface area contributed by atoms with Crippen molar-refractivity contribution in [2.75, 3.05) is 19.0 Å². The van der Waals surface area contributed by atoms with E-state index in [0.29, 0.717) is 16.4 Å². The zero-order valence-electron chi connectivity index (χ0n) is 12.2. The molecule has 22 heavy (non-hydrogen) atoms. The van der Waals surface area contributed by atoms with Crippen LogP contribution in [0.1, 0.15) is 13.3 Å².